The van der Waals surface area contributed by atoms with Crippen molar-refractivity contribution in [2.24, 2.45) is 5.92 Å². The quantitative estimate of drug-likeness (QED) is 0.595. The number of carbonyl (C=O) groups excluding carboxylic acids is 2. The third-order valence-corrected chi connectivity index (χ3v) is 6.42. The summed E-state index contributed by atoms with van der Waals surface area (Å²) in [5, 5.41) is 6.20. The highest BCUT2D eigenvalue weighted by Gasteiger charge is 2.27. The summed E-state index contributed by atoms with van der Waals surface area (Å²) in [6, 6.07) is 9.58. The molecule has 3 heterocycles. The van der Waals surface area contributed by atoms with E-state index in [9.17, 15) is 14.4 Å². The van der Waals surface area contributed by atoms with Crippen LogP contribution in [0.15, 0.2) is 41.5 Å². The van der Waals surface area contributed by atoms with E-state index < -0.39 is 0 Å². The summed E-state index contributed by atoms with van der Waals surface area (Å²) in [6.07, 6.45) is 3.08. The van der Waals surface area contributed by atoms with E-state index in [0.717, 1.165) is 24.9 Å². The molecule has 1 aliphatic heterocycles. The van der Waals surface area contributed by atoms with Crippen LogP contribution in [0.25, 0.3) is 10.3 Å². The lowest BCUT2D eigenvalue weighted by molar-refractivity contribution is -0.124. The third-order valence-electron chi connectivity index (χ3n) is 5.33. The van der Waals surface area contributed by atoms with Crippen LogP contribution in [0.2, 0.25) is 0 Å². The Morgan fingerprint density at radius 1 is 1.26 bits per heavy atom. The van der Waals surface area contributed by atoms with Gasteiger partial charge in [-0.2, -0.15) is 4.98 Å². The van der Waals surface area contributed by atoms with Gasteiger partial charge in [0.2, 0.25) is 11.8 Å². The molecule has 2 aromatic heterocycles. The van der Waals surface area contributed by atoms with Crippen molar-refractivity contribution in [2.45, 2.75) is 25.9 Å². The number of amides is 2. The number of hydrogen-bond acceptors (Lipinski definition) is 7. The van der Waals surface area contributed by atoms with Crippen molar-refractivity contribution < 1.29 is 9.59 Å². The summed E-state index contributed by atoms with van der Waals surface area (Å²) in [4.78, 5) is 48.0. The molecular formula is C21H24N6O3S. The molecule has 10 heteroatoms. The van der Waals surface area contributed by atoms with E-state index in [2.05, 4.69) is 20.6 Å². The molecular weight excluding hydrogens is 416 g/mol. The highest BCUT2D eigenvalue weighted by molar-refractivity contribution is 7.22. The van der Waals surface area contributed by atoms with Gasteiger partial charge in [0.05, 0.1) is 5.92 Å². The van der Waals surface area contributed by atoms with Crippen LogP contribution >= 0.6 is 11.3 Å². The smallest absolute Gasteiger partial charge is 0.273 e. The van der Waals surface area contributed by atoms with Gasteiger partial charge in [0.25, 0.3) is 5.56 Å². The minimum absolute atomic E-state index is 0.0211. The highest BCUT2D eigenvalue weighted by atomic mass is 32.1. The topological polar surface area (TPSA) is 109 Å². The Balaban J connectivity index is 1.47. The molecule has 0 radical (unpaired) electrons. The molecule has 162 valence electrons. The number of aromatic nitrogens is 3. The van der Waals surface area contributed by atoms with Crippen molar-refractivity contribution in [2.75, 3.05) is 25.0 Å². The van der Waals surface area contributed by atoms with Gasteiger partial charge in [-0.1, -0.05) is 41.7 Å². The summed E-state index contributed by atoms with van der Waals surface area (Å²) in [7, 11) is 1.64. The summed E-state index contributed by atoms with van der Waals surface area (Å²) >= 11 is 1.26. The second-order valence-corrected chi connectivity index (χ2v) is 8.47. The second kappa shape index (κ2) is 9.25. The molecule has 1 saturated heterocycles. The zero-order chi connectivity index (χ0) is 21.8. The maximum absolute atomic E-state index is 12.9. The summed E-state index contributed by atoms with van der Waals surface area (Å²) in [5.41, 5.74) is 1.07. The number of piperidine rings is 1. The Bertz CT molecular complexity index is 1140. The lowest BCUT2D eigenvalue weighted by Crippen LogP contribution is -2.42. The van der Waals surface area contributed by atoms with Crippen LogP contribution in [-0.4, -0.2) is 46.5 Å². The molecule has 3 aromatic rings. The first-order valence-electron chi connectivity index (χ1n) is 10.2. The average molecular weight is 441 g/mol. The Hall–Kier alpha value is -3.27. The number of fused-ring (bicyclic) bond motifs is 1. The van der Waals surface area contributed by atoms with Crippen LogP contribution < -0.4 is 21.1 Å². The van der Waals surface area contributed by atoms with Gasteiger partial charge in [0.15, 0.2) is 10.8 Å². The number of nitrogens with one attached hydrogen (secondary N) is 2. The van der Waals surface area contributed by atoms with Crippen molar-refractivity contribution >= 4 is 38.6 Å². The standard InChI is InChI=1S/C21H24N6O3S/c1-22-19(29)15-8-5-9-26(11-15)21-25-18-17(31-21)20(30)27(13-24-18)12-16(28)23-10-14-6-3-2-4-7-14/h2-4,6-7,13,15H,5,8-12H2,1H3,(H,22,29)(H,23,28)/t15-/m1/s1. The number of nitrogens with zero attached hydrogens (tertiary/aromatic N) is 4. The van der Waals surface area contributed by atoms with E-state index >= 15 is 0 Å². The Labute approximate surface area is 183 Å². The van der Waals surface area contributed by atoms with Crippen molar-refractivity contribution in [1.82, 2.24) is 25.2 Å². The Kier molecular flexibility index (Phi) is 6.26. The fraction of sp³-hybridized carbons (Fsp3) is 0.381. The van der Waals surface area contributed by atoms with Gasteiger partial charge < -0.3 is 15.5 Å². The summed E-state index contributed by atoms with van der Waals surface area (Å²) in [6.45, 7) is 1.64. The maximum atomic E-state index is 12.9. The van der Waals surface area contributed by atoms with E-state index in [4.69, 9.17) is 0 Å². The molecule has 9 nitrogen and oxygen atoms in total. The van der Waals surface area contributed by atoms with E-state index in [1.165, 1.54) is 22.2 Å². The zero-order valence-corrected chi connectivity index (χ0v) is 18.0. The molecule has 0 saturated carbocycles. The van der Waals surface area contributed by atoms with Crippen molar-refractivity contribution in [3.05, 3.63) is 52.6 Å². The Morgan fingerprint density at radius 2 is 2.06 bits per heavy atom. The molecule has 1 aliphatic rings. The predicted molar refractivity (Wildman–Crippen MR) is 119 cm³/mol. The molecule has 0 spiro atoms. The fourth-order valence-electron chi connectivity index (χ4n) is 3.66. The SMILES string of the molecule is CNC(=O)[C@@H]1CCCN(c2nc3ncn(CC(=O)NCc4ccccc4)c(=O)c3s2)C1. The van der Waals surface area contributed by atoms with Gasteiger partial charge in [0.1, 0.15) is 17.6 Å². The molecule has 1 aromatic carbocycles. The molecule has 31 heavy (non-hydrogen) atoms. The van der Waals surface area contributed by atoms with Crippen LogP contribution in [0, 0.1) is 5.92 Å². The predicted octanol–water partition coefficient (Wildman–Crippen LogP) is 1.13. The van der Waals surface area contributed by atoms with E-state index in [0.29, 0.717) is 28.6 Å². The normalized spacial score (nSPS) is 16.3. The minimum Gasteiger partial charge on any atom is -0.359 e. The van der Waals surface area contributed by atoms with Gasteiger partial charge in [-0.25, -0.2) is 4.98 Å². The first-order chi connectivity index (χ1) is 15.0. The first kappa shape index (κ1) is 21.0. The van der Waals surface area contributed by atoms with Crippen molar-refractivity contribution in [3.8, 4) is 0 Å². The average Bonchev–Trinajstić information content (AvgIpc) is 3.25. The number of carbonyl (C=O) groups is 2. The van der Waals surface area contributed by atoms with E-state index in [1.807, 2.05) is 35.2 Å². The van der Waals surface area contributed by atoms with Gasteiger partial charge >= 0.3 is 0 Å². The van der Waals surface area contributed by atoms with Crippen molar-refractivity contribution in [1.29, 1.82) is 0 Å². The second-order valence-electron chi connectivity index (χ2n) is 7.49. The van der Waals surface area contributed by atoms with Gasteiger partial charge in [-0.05, 0) is 18.4 Å². The van der Waals surface area contributed by atoms with Crippen LogP contribution in [0.1, 0.15) is 18.4 Å². The summed E-state index contributed by atoms with van der Waals surface area (Å²) in [5.74, 6) is -0.335. The van der Waals surface area contributed by atoms with Crippen LogP contribution in [-0.2, 0) is 22.7 Å². The molecule has 2 amide bonds. The van der Waals surface area contributed by atoms with Gasteiger partial charge in [-0.3, -0.25) is 19.0 Å². The minimum atomic E-state index is -0.288. The monoisotopic (exact) mass is 440 g/mol. The largest absolute Gasteiger partial charge is 0.359 e. The number of thiazole rings is 1. The maximum Gasteiger partial charge on any atom is 0.273 e. The van der Waals surface area contributed by atoms with Crippen molar-refractivity contribution in [3.63, 3.8) is 0 Å². The fourth-order valence-corrected chi connectivity index (χ4v) is 4.66. The third kappa shape index (κ3) is 4.74. The number of rotatable bonds is 6. The highest BCUT2D eigenvalue weighted by Crippen LogP contribution is 2.29. The van der Waals surface area contributed by atoms with Gasteiger partial charge in [0, 0.05) is 26.7 Å². The Morgan fingerprint density at radius 3 is 2.84 bits per heavy atom. The molecule has 1 atom stereocenters. The van der Waals surface area contributed by atoms with E-state index in [-0.39, 0.29) is 29.8 Å². The number of benzene rings is 1. The van der Waals surface area contributed by atoms with Crippen LogP contribution in [0.4, 0.5) is 5.13 Å². The molecule has 0 bridgehead atoms. The first-order valence-corrected chi connectivity index (χ1v) is 11.0. The lowest BCUT2D eigenvalue weighted by atomic mass is 9.98. The summed E-state index contributed by atoms with van der Waals surface area (Å²) < 4.78 is 1.71. The molecule has 1 fully saturated rings. The molecule has 2 N–H and O–H groups in total. The lowest BCUT2D eigenvalue weighted by Gasteiger charge is -2.31. The number of hydrogen-bond donors (Lipinski definition) is 2. The molecule has 4 rings (SSSR count). The molecule has 0 unspecified atom stereocenters. The molecule has 0 aliphatic carbocycles. The number of anilines is 1. The van der Waals surface area contributed by atoms with E-state index in [1.54, 1.807) is 7.05 Å². The van der Waals surface area contributed by atoms with Crippen LogP contribution in [0.3, 0.4) is 0 Å². The zero-order valence-electron chi connectivity index (χ0n) is 17.2. The van der Waals surface area contributed by atoms with Gasteiger partial charge in [-0.15, -0.1) is 0 Å². The van der Waals surface area contributed by atoms with Crippen LogP contribution in [0.5, 0.6) is 0 Å².